The van der Waals surface area contributed by atoms with E-state index in [0.717, 1.165) is 33.3 Å². The van der Waals surface area contributed by atoms with Gasteiger partial charge in [-0.05, 0) is 36.6 Å². The number of hydrogen-bond acceptors (Lipinski definition) is 7. The van der Waals surface area contributed by atoms with Crippen LogP contribution in [0.1, 0.15) is 16.7 Å². The minimum atomic E-state index is -1.07. The molecule has 10 heteroatoms. The fourth-order valence-corrected chi connectivity index (χ4v) is 5.09. The summed E-state index contributed by atoms with van der Waals surface area (Å²) in [6.07, 6.45) is 1.98. The van der Waals surface area contributed by atoms with E-state index in [2.05, 4.69) is 25.8 Å². The van der Waals surface area contributed by atoms with Crippen LogP contribution in [-0.2, 0) is 16.0 Å². The number of aryl methyl sites for hydroxylation is 2. The molecule has 1 amide bonds. The van der Waals surface area contributed by atoms with Crippen LogP contribution in [0.25, 0.3) is 10.9 Å². The summed E-state index contributed by atoms with van der Waals surface area (Å²) in [5.41, 5.74) is 4.98. The molecule has 0 bridgehead atoms. The fraction of sp³-hybridized carbons (Fsp3) is 0.217. The monoisotopic (exact) mass is 481 g/mol. The number of nitrogens with one attached hydrogen (secondary N) is 3. The number of nitrogens with zero attached hydrogens (tertiary/aromatic N) is 2. The zero-order chi connectivity index (χ0) is 23.4. The van der Waals surface area contributed by atoms with Crippen LogP contribution in [0.5, 0.6) is 0 Å². The average Bonchev–Trinajstić information content (AvgIpc) is 3.41. The number of carboxylic acids is 1. The standard InChI is InChI=1S/C23H23N5O3S2/c1-13-6-5-7-14(2)20(13)26-22-27-28-23(33-22)32-12-19(29)25-18(21(30)31)10-15-11-24-17-9-4-3-8-16(15)17/h3-9,11,18,24H,10,12H2,1-2H3,(H,25,29)(H,26,27)(H,30,31)/t18-/m0/s1. The summed E-state index contributed by atoms with van der Waals surface area (Å²) >= 11 is 2.57. The predicted octanol–water partition coefficient (Wildman–Crippen LogP) is 4.28. The van der Waals surface area contributed by atoms with Crippen LogP contribution in [0.2, 0.25) is 0 Å². The Balaban J connectivity index is 1.34. The van der Waals surface area contributed by atoms with Gasteiger partial charge in [-0.3, -0.25) is 4.79 Å². The van der Waals surface area contributed by atoms with E-state index >= 15 is 0 Å². The summed E-state index contributed by atoms with van der Waals surface area (Å²) in [7, 11) is 0. The molecule has 4 rings (SSSR count). The smallest absolute Gasteiger partial charge is 0.326 e. The van der Waals surface area contributed by atoms with Crippen LogP contribution in [0, 0.1) is 13.8 Å². The largest absolute Gasteiger partial charge is 0.480 e. The normalized spacial score (nSPS) is 11.9. The number of carbonyl (C=O) groups is 2. The third-order valence-electron chi connectivity index (χ3n) is 5.18. The SMILES string of the molecule is Cc1cccc(C)c1Nc1nnc(SCC(=O)N[C@@H](Cc2c[nH]c3ccccc23)C(=O)O)s1. The Kier molecular flexibility index (Phi) is 6.95. The number of H-pyrrole nitrogens is 1. The van der Waals surface area contributed by atoms with Gasteiger partial charge in [0.15, 0.2) is 4.34 Å². The summed E-state index contributed by atoms with van der Waals surface area (Å²) in [6.45, 7) is 4.04. The summed E-state index contributed by atoms with van der Waals surface area (Å²) in [4.78, 5) is 27.3. The van der Waals surface area contributed by atoms with Crippen molar-refractivity contribution in [3.63, 3.8) is 0 Å². The van der Waals surface area contributed by atoms with Crippen molar-refractivity contribution < 1.29 is 14.7 Å². The topological polar surface area (TPSA) is 120 Å². The summed E-state index contributed by atoms with van der Waals surface area (Å²) < 4.78 is 0.627. The molecule has 0 spiro atoms. The highest BCUT2D eigenvalue weighted by atomic mass is 32.2. The number of carboxylic acid groups (broad SMARTS) is 1. The van der Waals surface area contributed by atoms with Crippen molar-refractivity contribution in [2.75, 3.05) is 11.1 Å². The second-order valence-corrected chi connectivity index (χ2v) is 9.78. The van der Waals surface area contributed by atoms with E-state index in [4.69, 9.17) is 0 Å². The molecule has 0 radical (unpaired) electrons. The molecular formula is C23H23N5O3S2. The van der Waals surface area contributed by atoms with Gasteiger partial charge >= 0.3 is 5.97 Å². The van der Waals surface area contributed by atoms with Gasteiger partial charge < -0.3 is 20.7 Å². The number of rotatable bonds is 9. The molecule has 33 heavy (non-hydrogen) atoms. The minimum Gasteiger partial charge on any atom is -0.480 e. The van der Waals surface area contributed by atoms with Crippen LogP contribution >= 0.6 is 23.1 Å². The van der Waals surface area contributed by atoms with E-state index in [1.54, 1.807) is 6.20 Å². The van der Waals surface area contributed by atoms with E-state index in [9.17, 15) is 14.7 Å². The van der Waals surface area contributed by atoms with Crippen LogP contribution in [-0.4, -0.2) is 44.0 Å². The molecule has 0 aliphatic carbocycles. The molecule has 0 saturated carbocycles. The quantitative estimate of drug-likeness (QED) is 0.263. The number of thioether (sulfide) groups is 1. The Hall–Kier alpha value is -3.37. The van der Waals surface area contributed by atoms with Crippen LogP contribution in [0.4, 0.5) is 10.8 Å². The van der Waals surface area contributed by atoms with Crippen molar-refractivity contribution in [3.8, 4) is 0 Å². The van der Waals surface area contributed by atoms with Gasteiger partial charge in [-0.25, -0.2) is 4.79 Å². The second-order valence-electron chi connectivity index (χ2n) is 7.58. The van der Waals surface area contributed by atoms with Gasteiger partial charge in [-0.2, -0.15) is 0 Å². The Bertz CT molecular complexity index is 1280. The molecule has 0 saturated heterocycles. The lowest BCUT2D eigenvalue weighted by Gasteiger charge is -2.14. The number of anilines is 2. The van der Waals surface area contributed by atoms with E-state index in [1.807, 2.05) is 56.3 Å². The first-order valence-electron chi connectivity index (χ1n) is 10.3. The van der Waals surface area contributed by atoms with Crippen LogP contribution in [0.3, 0.4) is 0 Å². The number of aliphatic carboxylic acids is 1. The fourth-order valence-electron chi connectivity index (χ4n) is 3.52. The van der Waals surface area contributed by atoms with Gasteiger partial charge in [0.05, 0.1) is 5.75 Å². The highest BCUT2D eigenvalue weighted by Crippen LogP contribution is 2.30. The van der Waals surface area contributed by atoms with Gasteiger partial charge in [-0.15, -0.1) is 10.2 Å². The molecule has 2 aromatic carbocycles. The summed E-state index contributed by atoms with van der Waals surface area (Å²) in [5, 5.41) is 25.4. The molecule has 4 aromatic rings. The van der Waals surface area contributed by atoms with Crippen molar-refractivity contribution in [2.45, 2.75) is 30.6 Å². The maximum atomic E-state index is 12.4. The van der Waals surface area contributed by atoms with Crippen LogP contribution in [0.15, 0.2) is 53.0 Å². The van der Waals surface area contributed by atoms with Gasteiger partial charge in [0, 0.05) is 29.2 Å². The molecular weight excluding hydrogens is 458 g/mol. The highest BCUT2D eigenvalue weighted by Gasteiger charge is 2.22. The van der Waals surface area contributed by atoms with Gasteiger partial charge in [0.25, 0.3) is 0 Å². The number of carbonyl (C=O) groups excluding carboxylic acids is 1. The minimum absolute atomic E-state index is 0.0513. The Morgan fingerprint density at radius 3 is 2.64 bits per heavy atom. The number of benzene rings is 2. The maximum absolute atomic E-state index is 12.4. The predicted molar refractivity (Wildman–Crippen MR) is 131 cm³/mol. The van der Waals surface area contributed by atoms with Crippen molar-refractivity contribution >= 4 is 56.7 Å². The van der Waals surface area contributed by atoms with Gasteiger partial charge in [0.1, 0.15) is 6.04 Å². The van der Waals surface area contributed by atoms with Gasteiger partial charge in [0.2, 0.25) is 11.0 Å². The average molecular weight is 482 g/mol. The molecule has 2 aromatic heterocycles. The maximum Gasteiger partial charge on any atom is 0.326 e. The highest BCUT2D eigenvalue weighted by molar-refractivity contribution is 8.01. The first kappa shape index (κ1) is 22.8. The van der Waals surface area contributed by atoms with Gasteiger partial charge in [-0.1, -0.05) is 59.5 Å². The third kappa shape index (κ3) is 5.52. The summed E-state index contributed by atoms with van der Waals surface area (Å²) in [5.74, 6) is -1.39. The molecule has 4 N–H and O–H groups in total. The molecule has 170 valence electrons. The molecule has 0 aliphatic rings. The number of para-hydroxylation sites is 2. The molecule has 1 atom stereocenters. The van der Waals surface area contributed by atoms with Crippen LogP contribution < -0.4 is 10.6 Å². The number of hydrogen-bond donors (Lipinski definition) is 4. The molecule has 2 heterocycles. The van der Waals surface area contributed by atoms with Crippen molar-refractivity contribution in [1.29, 1.82) is 0 Å². The number of fused-ring (bicyclic) bond motifs is 1. The van der Waals surface area contributed by atoms with E-state index in [0.29, 0.717) is 9.47 Å². The van der Waals surface area contributed by atoms with E-state index in [1.165, 1.54) is 23.1 Å². The first-order chi connectivity index (χ1) is 15.9. The lowest BCUT2D eigenvalue weighted by atomic mass is 10.1. The Labute approximate surface area is 198 Å². The van der Waals surface area contributed by atoms with E-state index in [-0.39, 0.29) is 18.1 Å². The molecule has 0 aliphatic heterocycles. The summed E-state index contributed by atoms with van der Waals surface area (Å²) in [6, 6.07) is 12.7. The molecule has 0 unspecified atom stereocenters. The molecule has 0 fully saturated rings. The number of aromatic amines is 1. The zero-order valence-electron chi connectivity index (χ0n) is 18.1. The van der Waals surface area contributed by atoms with E-state index < -0.39 is 12.0 Å². The van der Waals surface area contributed by atoms with Crippen molar-refractivity contribution in [1.82, 2.24) is 20.5 Å². The number of amides is 1. The number of aromatic nitrogens is 3. The molecule has 8 nitrogen and oxygen atoms in total. The zero-order valence-corrected chi connectivity index (χ0v) is 19.7. The van der Waals surface area contributed by atoms with Crippen molar-refractivity contribution in [2.24, 2.45) is 0 Å². The lowest BCUT2D eigenvalue weighted by molar-refractivity contribution is -0.141. The first-order valence-corrected chi connectivity index (χ1v) is 12.1. The lowest BCUT2D eigenvalue weighted by Crippen LogP contribution is -2.43. The Morgan fingerprint density at radius 1 is 1.12 bits per heavy atom. The third-order valence-corrected chi connectivity index (χ3v) is 7.15. The second kappa shape index (κ2) is 10.1. The van der Waals surface area contributed by atoms with Crippen molar-refractivity contribution in [3.05, 3.63) is 65.4 Å². The Morgan fingerprint density at radius 2 is 1.88 bits per heavy atom.